The lowest BCUT2D eigenvalue weighted by atomic mass is 10.1. The lowest BCUT2D eigenvalue weighted by Gasteiger charge is -2.11. The molecule has 0 aliphatic heterocycles. The van der Waals surface area contributed by atoms with Gasteiger partial charge in [0, 0.05) is 12.2 Å². The minimum atomic E-state index is -0.248. The molecule has 5 heteroatoms. The Morgan fingerprint density at radius 3 is 2.38 bits per heavy atom. The van der Waals surface area contributed by atoms with Crippen LogP contribution in [-0.4, -0.2) is 22.6 Å². The summed E-state index contributed by atoms with van der Waals surface area (Å²) in [5.41, 5.74) is 3.19. The highest BCUT2D eigenvalue weighted by atomic mass is 16.1. The van der Waals surface area contributed by atoms with Crippen molar-refractivity contribution in [2.75, 3.05) is 17.2 Å². The molecule has 1 aromatic carbocycles. The summed E-state index contributed by atoms with van der Waals surface area (Å²) in [5, 5.41) is 14.0. The van der Waals surface area contributed by atoms with Gasteiger partial charge in [-0.1, -0.05) is 25.1 Å². The third-order valence-corrected chi connectivity index (χ3v) is 3.17. The maximum Gasteiger partial charge on any atom is 0.276 e. The summed E-state index contributed by atoms with van der Waals surface area (Å²) in [7, 11) is 0. The molecule has 0 atom stereocenters. The summed E-state index contributed by atoms with van der Waals surface area (Å²) >= 11 is 0. The molecule has 0 radical (unpaired) electrons. The Hall–Kier alpha value is -2.43. The number of rotatable bonds is 5. The minimum Gasteiger partial charge on any atom is -0.369 e. The topological polar surface area (TPSA) is 66.9 Å². The predicted octanol–water partition coefficient (Wildman–Crippen LogP) is 3.17. The van der Waals surface area contributed by atoms with E-state index in [4.69, 9.17) is 0 Å². The summed E-state index contributed by atoms with van der Waals surface area (Å²) in [6.45, 7) is 6.84. The van der Waals surface area contributed by atoms with Gasteiger partial charge in [0.1, 0.15) is 5.82 Å². The number of hydrogen-bond donors (Lipinski definition) is 2. The van der Waals surface area contributed by atoms with E-state index in [1.54, 1.807) is 12.1 Å². The molecule has 110 valence electrons. The van der Waals surface area contributed by atoms with Crippen LogP contribution in [0.1, 0.15) is 35.0 Å². The maximum absolute atomic E-state index is 12.2. The van der Waals surface area contributed by atoms with Crippen LogP contribution in [-0.2, 0) is 0 Å². The van der Waals surface area contributed by atoms with Gasteiger partial charge >= 0.3 is 0 Å². The van der Waals surface area contributed by atoms with E-state index in [0.29, 0.717) is 11.5 Å². The number of carbonyl (C=O) groups excluding carboxylic acids is 1. The van der Waals surface area contributed by atoms with E-state index in [1.165, 1.54) is 0 Å². The molecule has 0 aliphatic rings. The van der Waals surface area contributed by atoms with Gasteiger partial charge in [-0.15, -0.1) is 10.2 Å². The molecule has 0 unspecified atom stereocenters. The number of aromatic nitrogens is 2. The Balaban J connectivity index is 2.10. The van der Waals surface area contributed by atoms with Crippen molar-refractivity contribution < 1.29 is 4.79 Å². The van der Waals surface area contributed by atoms with Gasteiger partial charge in [-0.25, -0.2) is 0 Å². The fourth-order valence-corrected chi connectivity index (χ4v) is 1.99. The highest BCUT2D eigenvalue weighted by Gasteiger charge is 2.11. The second-order valence-electron chi connectivity index (χ2n) is 4.95. The molecule has 0 bridgehead atoms. The number of aryl methyl sites for hydroxylation is 2. The molecule has 5 nitrogen and oxygen atoms in total. The van der Waals surface area contributed by atoms with Gasteiger partial charge in [-0.3, -0.25) is 4.79 Å². The van der Waals surface area contributed by atoms with Crippen LogP contribution in [0.4, 0.5) is 11.5 Å². The molecular weight excluding hydrogens is 264 g/mol. The molecule has 0 fully saturated rings. The standard InChI is InChI=1S/C16H20N4O/c1-4-10-17-14-9-8-13(19-20-14)16(21)18-15-11(2)6-5-7-12(15)3/h5-9H,4,10H2,1-3H3,(H,17,20)(H,18,21). The van der Waals surface area contributed by atoms with Crippen LogP contribution in [0.5, 0.6) is 0 Å². The largest absolute Gasteiger partial charge is 0.369 e. The lowest BCUT2D eigenvalue weighted by molar-refractivity contribution is 0.102. The minimum absolute atomic E-state index is 0.248. The number of amides is 1. The first-order valence-electron chi connectivity index (χ1n) is 7.07. The zero-order valence-corrected chi connectivity index (χ0v) is 12.6. The van der Waals surface area contributed by atoms with Crippen LogP contribution in [0.2, 0.25) is 0 Å². The number of carbonyl (C=O) groups is 1. The van der Waals surface area contributed by atoms with E-state index in [2.05, 4.69) is 27.8 Å². The van der Waals surface area contributed by atoms with Gasteiger partial charge in [-0.05, 0) is 43.5 Å². The molecule has 0 saturated heterocycles. The summed E-state index contributed by atoms with van der Waals surface area (Å²) in [6, 6.07) is 9.34. The second kappa shape index (κ2) is 6.83. The van der Waals surface area contributed by atoms with Crippen molar-refractivity contribution >= 4 is 17.4 Å². The van der Waals surface area contributed by atoms with Crippen LogP contribution in [0.25, 0.3) is 0 Å². The van der Waals surface area contributed by atoms with E-state index in [0.717, 1.165) is 29.8 Å². The molecule has 0 aliphatic carbocycles. The number of para-hydroxylation sites is 1. The number of nitrogens with one attached hydrogen (secondary N) is 2. The Kier molecular flexibility index (Phi) is 4.87. The van der Waals surface area contributed by atoms with Crippen LogP contribution >= 0.6 is 0 Å². The molecule has 2 N–H and O–H groups in total. The Morgan fingerprint density at radius 2 is 1.81 bits per heavy atom. The molecule has 21 heavy (non-hydrogen) atoms. The molecule has 0 spiro atoms. The second-order valence-corrected chi connectivity index (χ2v) is 4.95. The zero-order valence-electron chi connectivity index (χ0n) is 12.6. The van der Waals surface area contributed by atoms with Gasteiger partial charge in [0.05, 0.1) is 0 Å². The monoisotopic (exact) mass is 284 g/mol. The number of benzene rings is 1. The van der Waals surface area contributed by atoms with Crippen LogP contribution < -0.4 is 10.6 Å². The van der Waals surface area contributed by atoms with Gasteiger partial charge in [0.25, 0.3) is 5.91 Å². The SMILES string of the molecule is CCCNc1ccc(C(=O)Nc2c(C)cccc2C)nn1. The third kappa shape index (κ3) is 3.78. The first kappa shape index (κ1) is 15.0. The van der Waals surface area contributed by atoms with Gasteiger partial charge in [-0.2, -0.15) is 0 Å². The summed E-state index contributed by atoms with van der Waals surface area (Å²) < 4.78 is 0. The van der Waals surface area contributed by atoms with E-state index in [9.17, 15) is 4.79 Å². The van der Waals surface area contributed by atoms with Crippen LogP contribution in [0, 0.1) is 13.8 Å². The average Bonchev–Trinajstić information content (AvgIpc) is 2.49. The molecule has 0 saturated carbocycles. The summed E-state index contributed by atoms with van der Waals surface area (Å²) in [6.07, 6.45) is 1.01. The van der Waals surface area contributed by atoms with E-state index < -0.39 is 0 Å². The van der Waals surface area contributed by atoms with Crippen LogP contribution in [0.3, 0.4) is 0 Å². The normalized spacial score (nSPS) is 10.2. The van der Waals surface area contributed by atoms with E-state index in [1.807, 2.05) is 32.0 Å². The van der Waals surface area contributed by atoms with Gasteiger partial charge in [0.2, 0.25) is 0 Å². The first-order valence-corrected chi connectivity index (χ1v) is 7.07. The highest BCUT2D eigenvalue weighted by molar-refractivity contribution is 6.03. The van der Waals surface area contributed by atoms with Gasteiger partial charge < -0.3 is 10.6 Å². The molecule has 1 heterocycles. The predicted molar refractivity (Wildman–Crippen MR) is 84.7 cm³/mol. The smallest absolute Gasteiger partial charge is 0.276 e. The maximum atomic E-state index is 12.2. The molecule has 1 amide bonds. The fraction of sp³-hybridized carbons (Fsp3) is 0.312. The number of nitrogens with zero attached hydrogens (tertiary/aromatic N) is 2. The number of hydrogen-bond acceptors (Lipinski definition) is 4. The van der Waals surface area contributed by atoms with Crippen molar-refractivity contribution in [2.24, 2.45) is 0 Å². The summed E-state index contributed by atoms with van der Waals surface area (Å²) in [5.74, 6) is 0.433. The quantitative estimate of drug-likeness (QED) is 0.885. The van der Waals surface area contributed by atoms with Crippen LogP contribution in [0.15, 0.2) is 30.3 Å². The zero-order chi connectivity index (χ0) is 15.2. The van der Waals surface area contributed by atoms with Crippen molar-refractivity contribution in [1.82, 2.24) is 10.2 Å². The lowest BCUT2D eigenvalue weighted by Crippen LogP contribution is -2.16. The third-order valence-electron chi connectivity index (χ3n) is 3.17. The van der Waals surface area contributed by atoms with Gasteiger partial charge in [0.15, 0.2) is 5.69 Å². The Bertz CT molecular complexity index is 602. The van der Waals surface area contributed by atoms with Crippen molar-refractivity contribution in [1.29, 1.82) is 0 Å². The Labute approximate surface area is 124 Å². The molecule has 2 rings (SSSR count). The molecular formula is C16H20N4O. The number of anilines is 2. The molecule has 2 aromatic rings. The highest BCUT2D eigenvalue weighted by Crippen LogP contribution is 2.20. The van der Waals surface area contributed by atoms with Crippen molar-refractivity contribution in [2.45, 2.75) is 27.2 Å². The van der Waals surface area contributed by atoms with Crippen molar-refractivity contribution in [3.8, 4) is 0 Å². The van der Waals surface area contributed by atoms with Crippen molar-refractivity contribution in [3.05, 3.63) is 47.2 Å². The van der Waals surface area contributed by atoms with E-state index in [-0.39, 0.29) is 5.91 Å². The summed E-state index contributed by atoms with van der Waals surface area (Å²) in [4.78, 5) is 12.2. The molecule has 1 aromatic heterocycles. The van der Waals surface area contributed by atoms with E-state index >= 15 is 0 Å². The Morgan fingerprint density at radius 1 is 1.10 bits per heavy atom. The van der Waals surface area contributed by atoms with Crippen molar-refractivity contribution in [3.63, 3.8) is 0 Å². The first-order chi connectivity index (χ1) is 10.1. The average molecular weight is 284 g/mol. The fourth-order valence-electron chi connectivity index (χ4n) is 1.99.